The Kier molecular flexibility index (Phi) is 5.57. The highest BCUT2D eigenvalue weighted by molar-refractivity contribution is 7.89. The van der Waals surface area contributed by atoms with Gasteiger partial charge in [-0.15, -0.1) is 0 Å². The summed E-state index contributed by atoms with van der Waals surface area (Å²) in [6.45, 7) is 9.91. The van der Waals surface area contributed by atoms with Gasteiger partial charge in [-0.05, 0) is 39.3 Å². The van der Waals surface area contributed by atoms with E-state index in [0.717, 1.165) is 5.46 Å². The fraction of sp³-hybridized carbons (Fsp3) is 0.550. The summed E-state index contributed by atoms with van der Waals surface area (Å²) in [7, 11) is -4.09. The van der Waals surface area contributed by atoms with Crippen molar-refractivity contribution in [3.63, 3.8) is 0 Å². The first-order chi connectivity index (χ1) is 14.1. The molecule has 0 bridgehead atoms. The van der Waals surface area contributed by atoms with Crippen LogP contribution in [0.3, 0.4) is 0 Å². The molecule has 1 aromatic heterocycles. The molecule has 4 rings (SSSR count). The van der Waals surface area contributed by atoms with Crippen LogP contribution in [0.15, 0.2) is 41.6 Å². The number of ether oxygens (including phenoxy) is 1. The van der Waals surface area contributed by atoms with Gasteiger partial charge in [-0.25, -0.2) is 8.42 Å². The van der Waals surface area contributed by atoms with Crippen LogP contribution < -0.4 is 5.46 Å². The van der Waals surface area contributed by atoms with Crippen molar-refractivity contribution in [1.82, 2.24) is 14.1 Å². The van der Waals surface area contributed by atoms with Crippen LogP contribution in [0.4, 0.5) is 0 Å². The molecule has 1 aromatic carbocycles. The van der Waals surface area contributed by atoms with Gasteiger partial charge >= 0.3 is 7.12 Å². The molecule has 2 fully saturated rings. The zero-order valence-electron chi connectivity index (χ0n) is 17.9. The third-order valence-corrected chi connectivity index (χ3v) is 8.07. The summed E-state index contributed by atoms with van der Waals surface area (Å²) in [5.41, 5.74) is 0.631. The average molecular weight is 433 g/mol. The van der Waals surface area contributed by atoms with Crippen LogP contribution in [0.1, 0.15) is 33.3 Å². The molecule has 2 aliphatic rings. The molecule has 2 aliphatic heterocycles. The maximum atomic E-state index is 13.2. The first-order valence-electron chi connectivity index (χ1n) is 10.1. The van der Waals surface area contributed by atoms with Gasteiger partial charge in [0, 0.05) is 30.9 Å². The largest absolute Gasteiger partial charge is 0.498 e. The first-order valence-corrected chi connectivity index (χ1v) is 11.6. The van der Waals surface area contributed by atoms with Crippen molar-refractivity contribution in [3.05, 3.63) is 42.2 Å². The second-order valence-corrected chi connectivity index (χ2v) is 10.6. The highest BCUT2D eigenvalue weighted by Crippen LogP contribution is 2.36. The van der Waals surface area contributed by atoms with Gasteiger partial charge in [-0.1, -0.05) is 18.2 Å². The molecule has 8 nitrogen and oxygen atoms in total. The number of aromatic nitrogens is 2. The predicted molar refractivity (Wildman–Crippen MR) is 113 cm³/mol. The lowest BCUT2D eigenvalue weighted by atomic mass is 9.82. The number of morpholine rings is 1. The maximum Gasteiger partial charge on any atom is 0.498 e. The van der Waals surface area contributed by atoms with Crippen molar-refractivity contribution in [3.8, 4) is 0 Å². The van der Waals surface area contributed by atoms with Crippen molar-refractivity contribution in [2.45, 2.75) is 50.3 Å². The molecule has 162 valence electrons. The van der Waals surface area contributed by atoms with E-state index in [1.165, 1.54) is 4.31 Å². The van der Waals surface area contributed by atoms with E-state index in [-0.39, 0.29) is 0 Å². The Morgan fingerprint density at radius 2 is 1.70 bits per heavy atom. The number of hydrogen-bond acceptors (Lipinski definition) is 6. The third-order valence-electron chi connectivity index (χ3n) is 6.07. The molecule has 0 aliphatic carbocycles. The van der Waals surface area contributed by atoms with Gasteiger partial charge in [-0.2, -0.15) is 9.40 Å². The second kappa shape index (κ2) is 7.76. The molecule has 0 saturated carbocycles. The SMILES string of the molecule is CC1(C)OB(c2cnn(Cc3ccccc3S(=O)(=O)N3CCOCC3)c2)OC1(C)C. The summed E-state index contributed by atoms with van der Waals surface area (Å²) >= 11 is 0. The predicted octanol–water partition coefficient (Wildman–Crippen LogP) is 1.25. The fourth-order valence-corrected chi connectivity index (χ4v) is 5.18. The summed E-state index contributed by atoms with van der Waals surface area (Å²) in [6, 6.07) is 7.06. The van der Waals surface area contributed by atoms with Crippen molar-refractivity contribution in [2.24, 2.45) is 0 Å². The Morgan fingerprint density at radius 3 is 2.37 bits per heavy atom. The molecule has 3 heterocycles. The lowest BCUT2D eigenvalue weighted by Gasteiger charge is -2.32. The minimum absolute atomic E-state index is 0.305. The van der Waals surface area contributed by atoms with Crippen molar-refractivity contribution >= 4 is 22.6 Å². The number of hydrogen-bond donors (Lipinski definition) is 0. The molecule has 10 heteroatoms. The van der Waals surface area contributed by atoms with Crippen LogP contribution in [-0.4, -0.2) is 67.1 Å². The number of sulfonamides is 1. The Morgan fingerprint density at radius 1 is 1.07 bits per heavy atom. The second-order valence-electron chi connectivity index (χ2n) is 8.68. The van der Waals surface area contributed by atoms with E-state index < -0.39 is 28.3 Å². The van der Waals surface area contributed by atoms with E-state index in [1.54, 1.807) is 23.0 Å². The maximum absolute atomic E-state index is 13.2. The van der Waals surface area contributed by atoms with Gasteiger partial charge in [-0.3, -0.25) is 4.68 Å². The van der Waals surface area contributed by atoms with Crippen LogP contribution in [0.2, 0.25) is 0 Å². The zero-order valence-corrected chi connectivity index (χ0v) is 18.7. The average Bonchev–Trinajstić information content (AvgIpc) is 3.24. The smallest absolute Gasteiger partial charge is 0.399 e. The molecule has 0 N–H and O–H groups in total. The Hall–Kier alpha value is -1.72. The fourth-order valence-electron chi connectivity index (χ4n) is 3.55. The number of nitrogens with zero attached hydrogens (tertiary/aromatic N) is 3. The molecule has 2 saturated heterocycles. The van der Waals surface area contributed by atoms with E-state index >= 15 is 0 Å². The van der Waals surface area contributed by atoms with Crippen molar-refractivity contribution < 1.29 is 22.5 Å². The monoisotopic (exact) mass is 433 g/mol. The molecule has 0 spiro atoms. The van der Waals surface area contributed by atoms with Gasteiger partial charge in [0.1, 0.15) is 0 Å². The normalized spacial score (nSPS) is 21.8. The van der Waals surface area contributed by atoms with Gasteiger partial charge in [0.25, 0.3) is 0 Å². The van der Waals surface area contributed by atoms with Crippen LogP contribution in [0.5, 0.6) is 0 Å². The van der Waals surface area contributed by atoms with Crippen LogP contribution in [0.25, 0.3) is 0 Å². The van der Waals surface area contributed by atoms with E-state index in [4.69, 9.17) is 14.0 Å². The zero-order chi connectivity index (χ0) is 21.6. The molecule has 0 radical (unpaired) electrons. The van der Waals surface area contributed by atoms with Gasteiger partial charge < -0.3 is 14.0 Å². The van der Waals surface area contributed by atoms with Crippen molar-refractivity contribution in [2.75, 3.05) is 26.3 Å². The van der Waals surface area contributed by atoms with Crippen LogP contribution in [0, 0.1) is 0 Å². The molecule has 0 unspecified atom stereocenters. The summed E-state index contributed by atoms with van der Waals surface area (Å²) in [6.07, 6.45) is 3.56. The third kappa shape index (κ3) is 3.94. The standard InChI is InChI=1S/C20H28BN3O5S/c1-19(2)20(3,4)29-21(28-19)17-13-22-23(15-17)14-16-7-5-6-8-18(16)30(25,26)24-9-11-27-12-10-24/h5-8,13,15H,9-12,14H2,1-4H3. The number of benzene rings is 1. The summed E-state index contributed by atoms with van der Waals surface area (Å²) in [4.78, 5) is 0.305. The Labute approximate surface area is 178 Å². The Balaban J connectivity index is 1.56. The van der Waals surface area contributed by atoms with Gasteiger partial charge in [0.15, 0.2) is 0 Å². The van der Waals surface area contributed by atoms with Gasteiger partial charge in [0.2, 0.25) is 10.0 Å². The van der Waals surface area contributed by atoms with Crippen LogP contribution >= 0.6 is 0 Å². The quantitative estimate of drug-likeness (QED) is 0.661. The lowest BCUT2D eigenvalue weighted by molar-refractivity contribution is 0.00578. The van der Waals surface area contributed by atoms with E-state index in [0.29, 0.717) is 43.3 Å². The number of rotatable bonds is 5. The summed E-state index contributed by atoms with van der Waals surface area (Å²) < 4.78 is 47.0. The first kappa shape index (κ1) is 21.5. The minimum Gasteiger partial charge on any atom is -0.399 e. The minimum atomic E-state index is -3.59. The molecule has 0 atom stereocenters. The molecule has 2 aromatic rings. The lowest BCUT2D eigenvalue weighted by Crippen LogP contribution is -2.41. The molecular formula is C20H28BN3O5S. The highest BCUT2D eigenvalue weighted by Gasteiger charge is 2.52. The van der Waals surface area contributed by atoms with Crippen LogP contribution in [-0.2, 0) is 30.6 Å². The Bertz CT molecular complexity index is 999. The highest BCUT2D eigenvalue weighted by atomic mass is 32.2. The molecule has 0 amide bonds. The van der Waals surface area contributed by atoms with Crippen molar-refractivity contribution in [1.29, 1.82) is 0 Å². The van der Waals surface area contributed by atoms with E-state index in [1.807, 2.05) is 46.0 Å². The molecule has 30 heavy (non-hydrogen) atoms. The topological polar surface area (TPSA) is 82.9 Å². The van der Waals surface area contributed by atoms with E-state index in [9.17, 15) is 8.42 Å². The van der Waals surface area contributed by atoms with E-state index in [2.05, 4.69) is 5.10 Å². The summed E-state index contributed by atoms with van der Waals surface area (Å²) in [5.74, 6) is 0. The summed E-state index contributed by atoms with van der Waals surface area (Å²) in [5, 5.41) is 4.42. The van der Waals surface area contributed by atoms with Gasteiger partial charge in [0.05, 0.1) is 35.9 Å². The molecular weight excluding hydrogens is 405 g/mol.